The fourth-order valence-electron chi connectivity index (χ4n) is 2.83. The normalized spacial score (nSPS) is 19.5. The number of pyridine rings is 1. The van der Waals surface area contributed by atoms with Gasteiger partial charge in [-0.25, -0.2) is 0 Å². The van der Waals surface area contributed by atoms with Gasteiger partial charge in [-0.15, -0.1) is 0 Å². The molecule has 110 valence electrons. The summed E-state index contributed by atoms with van der Waals surface area (Å²) in [6, 6.07) is 14.8. The molecule has 0 unspecified atom stereocenters. The second-order valence-electron chi connectivity index (χ2n) is 5.54. The summed E-state index contributed by atoms with van der Waals surface area (Å²) in [5.41, 5.74) is 2.61. The summed E-state index contributed by atoms with van der Waals surface area (Å²) in [4.78, 5) is 6.69. The van der Waals surface area contributed by atoms with Crippen LogP contribution in [0.15, 0.2) is 54.9 Å². The molecule has 1 aliphatic heterocycles. The van der Waals surface area contributed by atoms with E-state index in [4.69, 9.17) is 4.74 Å². The van der Waals surface area contributed by atoms with Crippen molar-refractivity contribution >= 4 is 0 Å². The molecule has 0 radical (unpaired) electrons. The number of rotatable bonds is 5. The summed E-state index contributed by atoms with van der Waals surface area (Å²) in [5, 5.41) is 0. The van der Waals surface area contributed by atoms with E-state index >= 15 is 0 Å². The minimum Gasteiger partial charge on any atom is -0.371 e. The van der Waals surface area contributed by atoms with Crippen molar-refractivity contribution in [1.29, 1.82) is 0 Å². The minimum atomic E-state index is 0.171. The quantitative estimate of drug-likeness (QED) is 0.842. The summed E-state index contributed by atoms with van der Waals surface area (Å²) in [6.45, 7) is 3.95. The highest BCUT2D eigenvalue weighted by Gasteiger charge is 2.21. The molecule has 1 aliphatic rings. The second-order valence-corrected chi connectivity index (χ2v) is 5.54. The van der Waals surface area contributed by atoms with Crippen molar-refractivity contribution < 1.29 is 4.74 Å². The molecule has 3 nitrogen and oxygen atoms in total. The number of aromatic nitrogens is 1. The first kappa shape index (κ1) is 14.2. The Morgan fingerprint density at radius 2 is 2.05 bits per heavy atom. The largest absolute Gasteiger partial charge is 0.371 e. The van der Waals surface area contributed by atoms with Crippen molar-refractivity contribution in [3.05, 3.63) is 66.0 Å². The molecule has 0 aliphatic carbocycles. The zero-order chi connectivity index (χ0) is 14.3. The zero-order valence-electron chi connectivity index (χ0n) is 12.3. The van der Waals surface area contributed by atoms with Gasteiger partial charge in [0.2, 0.25) is 0 Å². The Morgan fingerprint density at radius 3 is 2.86 bits per heavy atom. The lowest BCUT2D eigenvalue weighted by atomic mass is 10.1. The van der Waals surface area contributed by atoms with Crippen LogP contribution < -0.4 is 0 Å². The fraction of sp³-hybridized carbons (Fsp3) is 0.389. The lowest BCUT2D eigenvalue weighted by molar-refractivity contribution is -0.0303. The van der Waals surface area contributed by atoms with Crippen LogP contribution >= 0.6 is 0 Å². The maximum absolute atomic E-state index is 5.88. The molecule has 2 heterocycles. The highest BCUT2D eigenvalue weighted by molar-refractivity contribution is 5.15. The van der Waals surface area contributed by atoms with Crippen molar-refractivity contribution in [1.82, 2.24) is 9.88 Å². The summed E-state index contributed by atoms with van der Waals surface area (Å²) in [7, 11) is 0. The lowest BCUT2D eigenvalue weighted by Gasteiger charge is -2.33. The van der Waals surface area contributed by atoms with Crippen LogP contribution in [0.5, 0.6) is 0 Å². The third-order valence-corrected chi connectivity index (χ3v) is 3.99. The predicted molar refractivity (Wildman–Crippen MR) is 84.1 cm³/mol. The second kappa shape index (κ2) is 7.34. The zero-order valence-corrected chi connectivity index (χ0v) is 12.3. The van der Waals surface area contributed by atoms with Gasteiger partial charge in [-0.3, -0.25) is 9.88 Å². The van der Waals surface area contributed by atoms with Crippen molar-refractivity contribution in [3.8, 4) is 0 Å². The highest BCUT2D eigenvalue weighted by atomic mass is 16.5. The van der Waals surface area contributed by atoms with Gasteiger partial charge in [-0.05, 0) is 31.0 Å². The third-order valence-electron chi connectivity index (χ3n) is 3.99. The predicted octanol–water partition coefficient (Wildman–Crippen LogP) is 3.09. The van der Waals surface area contributed by atoms with E-state index in [1.807, 2.05) is 18.5 Å². The standard InChI is InChI=1S/C18H22N2O/c1-2-6-16(7-3-1)8-5-11-20-12-13-21-18(15-20)17-9-4-10-19-14-17/h1-4,6-7,9-10,14,18H,5,8,11-13,15H2/t18-/m1/s1. The Labute approximate surface area is 126 Å². The van der Waals surface area contributed by atoms with Gasteiger partial charge in [0.1, 0.15) is 0 Å². The Hall–Kier alpha value is -1.71. The molecule has 3 heteroatoms. The maximum atomic E-state index is 5.88. The van der Waals surface area contributed by atoms with Gasteiger partial charge in [0.15, 0.2) is 0 Å². The molecule has 3 rings (SSSR count). The molecule has 21 heavy (non-hydrogen) atoms. The van der Waals surface area contributed by atoms with Crippen LogP contribution in [0.3, 0.4) is 0 Å². The third kappa shape index (κ3) is 4.13. The number of aryl methyl sites for hydroxylation is 1. The van der Waals surface area contributed by atoms with E-state index in [1.165, 1.54) is 17.5 Å². The van der Waals surface area contributed by atoms with Crippen LogP contribution in [0.1, 0.15) is 23.7 Å². The topological polar surface area (TPSA) is 25.4 Å². The van der Waals surface area contributed by atoms with Gasteiger partial charge in [0.25, 0.3) is 0 Å². The van der Waals surface area contributed by atoms with Gasteiger partial charge in [-0.2, -0.15) is 0 Å². The molecular formula is C18H22N2O. The van der Waals surface area contributed by atoms with E-state index in [0.29, 0.717) is 0 Å². The number of nitrogens with zero attached hydrogens (tertiary/aromatic N) is 2. The maximum Gasteiger partial charge on any atom is 0.0967 e. The van der Waals surface area contributed by atoms with Crippen LogP contribution in [0, 0.1) is 0 Å². The van der Waals surface area contributed by atoms with Crippen molar-refractivity contribution in [3.63, 3.8) is 0 Å². The number of morpholine rings is 1. The molecule has 1 aromatic heterocycles. The van der Waals surface area contributed by atoms with Crippen LogP contribution in [0.25, 0.3) is 0 Å². The summed E-state index contributed by atoms with van der Waals surface area (Å²) < 4.78 is 5.88. The first-order chi connectivity index (χ1) is 10.4. The van der Waals surface area contributed by atoms with E-state index in [0.717, 1.165) is 32.7 Å². The van der Waals surface area contributed by atoms with E-state index in [2.05, 4.69) is 46.3 Å². The number of hydrogen-bond acceptors (Lipinski definition) is 3. The molecule has 0 saturated carbocycles. The molecular weight excluding hydrogens is 260 g/mol. The van der Waals surface area contributed by atoms with Gasteiger partial charge < -0.3 is 4.74 Å². The van der Waals surface area contributed by atoms with Crippen molar-refractivity contribution in [2.45, 2.75) is 18.9 Å². The van der Waals surface area contributed by atoms with Crippen LogP contribution in [-0.2, 0) is 11.2 Å². The first-order valence-corrected chi connectivity index (χ1v) is 7.69. The van der Waals surface area contributed by atoms with Crippen molar-refractivity contribution in [2.75, 3.05) is 26.2 Å². The molecule has 2 aromatic rings. The first-order valence-electron chi connectivity index (χ1n) is 7.69. The minimum absolute atomic E-state index is 0.171. The Morgan fingerprint density at radius 1 is 1.14 bits per heavy atom. The average molecular weight is 282 g/mol. The van der Waals surface area contributed by atoms with E-state index in [-0.39, 0.29) is 6.10 Å². The van der Waals surface area contributed by atoms with E-state index < -0.39 is 0 Å². The van der Waals surface area contributed by atoms with Crippen molar-refractivity contribution in [2.24, 2.45) is 0 Å². The molecule has 1 aromatic carbocycles. The number of ether oxygens (including phenoxy) is 1. The Bertz CT molecular complexity index is 529. The van der Waals surface area contributed by atoms with Crippen LogP contribution in [0.2, 0.25) is 0 Å². The van der Waals surface area contributed by atoms with Gasteiger partial charge in [-0.1, -0.05) is 36.4 Å². The average Bonchev–Trinajstić information content (AvgIpc) is 2.57. The monoisotopic (exact) mass is 282 g/mol. The lowest BCUT2D eigenvalue weighted by Crippen LogP contribution is -2.39. The van der Waals surface area contributed by atoms with E-state index in [9.17, 15) is 0 Å². The fourth-order valence-corrected chi connectivity index (χ4v) is 2.83. The van der Waals surface area contributed by atoms with E-state index in [1.54, 1.807) is 0 Å². The summed E-state index contributed by atoms with van der Waals surface area (Å²) >= 11 is 0. The smallest absolute Gasteiger partial charge is 0.0967 e. The highest BCUT2D eigenvalue weighted by Crippen LogP contribution is 2.21. The molecule has 1 saturated heterocycles. The molecule has 0 bridgehead atoms. The SMILES string of the molecule is c1ccc(CCCN2CCO[C@@H](c3cccnc3)C2)cc1. The van der Waals surface area contributed by atoms with Crippen LogP contribution in [-0.4, -0.2) is 36.1 Å². The molecule has 0 amide bonds. The number of benzene rings is 1. The van der Waals surface area contributed by atoms with Crippen LogP contribution in [0.4, 0.5) is 0 Å². The van der Waals surface area contributed by atoms with Gasteiger partial charge >= 0.3 is 0 Å². The molecule has 0 N–H and O–H groups in total. The molecule has 1 atom stereocenters. The molecule has 1 fully saturated rings. The summed E-state index contributed by atoms with van der Waals surface area (Å²) in [5.74, 6) is 0. The summed E-state index contributed by atoms with van der Waals surface area (Å²) in [6.07, 6.45) is 6.24. The molecule has 0 spiro atoms. The number of hydrogen-bond donors (Lipinski definition) is 0. The Balaban J connectivity index is 1.48. The van der Waals surface area contributed by atoms with Gasteiger partial charge in [0, 0.05) is 31.0 Å². The Kier molecular flexibility index (Phi) is 4.98. The van der Waals surface area contributed by atoms with Gasteiger partial charge in [0.05, 0.1) is 12.7 Å².